The minimum absolute atomic E-state index is 1.19. The first-order chi connectivity index (χ1) is 5.91. The predicted octanol–water partition coefficient (Wildman–Crippen LogP) is 4.29. The third kappa shape index (κ3) is 9.48. The fourth-order valence-electron chi connectivity index (χ4n) is 1.07. The summed E-state index contributed by atoms with van der Waals surface area (Å²) in [6.45, 7) is 5.86. The van der Waals surface area contributed by atoms with E-state index in [1.807, 2.05) is 12.2 Å². The SMILES string of the molecule is C=CC=CCCC[CH]CCCC. The lowest BCUT2D eigenvalue weighted by molar-refractivity contribution is 0.721. The number of hydrogen-bond donors (Lipinski definition) is 0. The van der Waals surface area contributed by atoms with Gasteiger partial charge in [-0.1, -0.05) is 51.0 Å². The van der Waals surface area contributed by atoms with Gasteiger partial charge in [-0.05, 0) is 25.7 Å². The second-order valence-electron chi connectivity index (χ2n) is 3.03. The molecule has 0 amide bonds. The van der Waals surface area contributed by atoms with Crippen molar-refractivity contribution in [1.29, 1.82) is 0 Å². The molecule has 12 heavy (non-hydrogen) atoms. The van der Waals surface area contributed by atoms with E-state index in [1.54, 1.807) is 0 Å². The first-order valence-corrected chi connectivity index (χ1v) is 5.01. The average molecular weight is 165 g/mol. The molecule has 0 aliphatic heterocycles. The molecule has 0 saturated heterocycles. The van der Waals surface area contributed by atoms with E-state index in [4.69, 9.17) is 0 Å². The van der Waals surface area contributed by atoms with E-state index in [0.29, 0.717) is 0 Å². The van der Waals surface area contributed by atoms with Crippen molar-refractivity contribution in [2.45, 2.75) is 45.4 Å². The van der Waals surface area contributed by atoms with E-state index >= 15 is 0 Å². The quantitative estimate of drug-likeness (QED) is 0.372. The first-order valence-electron chi connectivity index (χ1n) is 5.01. The van der Waals surface area contributed by atoms with Crippen LogP contribution in [0, 0.1) is 6.42 Å². The summed E-state index contributed by atoms with van der Waals surface area (Å²) in [6, 6.07) is 0. The Balaban J connectivity index is 2.90. The highest BCUT2D eigenvalue weighted by Crippen LogP contribution is 2.05. The van der Waals surface area contributed by atoms with Gasteiger partial charge in [-0.15, -0.1) is 0 Å². The van der Waals surface area contributed by atoms with Gasteiger partial charge in [0.05, 0.1) is 0 Å². The molecule has 0 nitrogen and oxygen atoms in total. The second kappa shape index (κ2) is 10.5. The molecule has 0 fully saturated rings. The Hall–Kier alpha value is -0.520. The maximum atomic E-state index is 3.62. The van der Waals surface area contributed by atoms with Gasteiger partial charge in [-0.2, -0.15) is 0 Å². The largest absolute Gasteiger partial charge is 0.0991 e. The molecule has 0 bridgehead atoms. The van der Waals surface area contributed by atoms with Crippen LogP contribution in [0.15, 0.2) is 24.8 Å². The van der Waals surface area contributed by atoms with Crippen molar-refractivity contribution in [2.24, 2.45) is 0 Å². The molecule has 0 heteroatoms. The van der Waals surface area contributed by atoms with E-state index < -0.39 is 0 Å². The summed E-state index contributed by atoms with van der Waals surface area (Å²) in [5.74, 6) is 0. The Bertz CT molecular complexity index is 111. The maximum Gasteiger partial charge on any atom is -0.0348 e. The lowest BCUT2D eigenvalue weighted by Crippen LogP contribution is -1.78. The fraction of sp³-hybridized carbons (Fsp3) is 0.583. The Kier molecular flexibility index (Phi) is 10.0. The zero-order chi connectivity index (χ0) is 9.07. The van der Waals surface area contributed by atoms with Crippen LogP contribution in [0.3, 0.4) is 0 Å². The molecule has 0 aliphatic rings. The standard InChI is InChI=1S/C12H21/c1-3-5-7-9-11-12-10-8-6-4-2/h3,5,7,10H,1,4,6,8-9,11-12H2,2H3. The van der Waals surface area contributed by atoms with Crippen LogP contribution < -0.4 is 0 Å². The molecule has 0 saturated carbocycles. The molecule has 0 rings (SSSR count). The summed E-state index contributed by atoms with van der Waals surface area (Å²) in [5, 5.41) is 0. The molecule has 0 aromatic rings. The van der Waals surface area contributed by atoms with Gasteiger partial charge in [0, 0.05) is 0 Å². The number of unbranched alkanes of at least 4 members (excludes halogenated alkanes) is 6. The molecule has 69 valence electrons. The van der Waals surface area contributed by atoms with Crippen LogP contribution in [-0.4, -0.2) is 0 Å². The zero-order valence-corrected chi connectivity index (χ0v) is 8.26. The summed E-state index contributed by atoms with van der Waals surface area (Å²) in [7, 11) is 0. The smallest absolute Gasteiger partial charge is 0.0348 e. The van der Waals surface area contributed by atoms with Crippen LogP contribution in [-0.2, 0) is 0 Å². The van der Waals surface area contributed by atoms with Crippen molar-refractivity contribution in [3.05, 3.63) is 31.2 Å². The maximum absolute atomic E-state index is 3.62. The van der Waals surface area contributed by atoms with E-state index in [-0.39, 0.29) is 0 Å². The predicted molar refractivity (Wildman–Crippen MR) is 57.0 cm³/mol. The van der Waals surface area contributed by atoms with E-state index in [2.05, 4.69) is 26.0 Å². The summed E-state index contributed by atoms with van der Waals surface area (Å²) in [5.41, 5.74) is 0. The fourth-order valence-corrected chi connectivity index (χ4v) is 1.07. The molecule has 1 radical (unpaired) electrons. The molecular formula is C12H21. The summed E-state index contributed by atoms with van der Waals surface area (Å²) >= 11 is 0. The Morgan fingerprint density at radius 2 is 1.83 bits per heavy atom. The zero-order valence-electron chi connectivity index (χ0n) is 8.26. The molecule has 0 aromatic carbocycles. The molecule has 0 aliphatic carbocycles. The van der Waals surface area contributed by atoms with Crippen LogP contribution >= 0.6 is 0 Å². The van der Waals surface area contributed by atoms with Gasteiger partial charge in [-0.3, -0.25) is 0 Å². The van der Waals surface area contributed by atoms with Crippen molar-refractivity contribution in [3.8, 4) is 0 Å². The molecule has 0 spiro atoms. The molecule has 0 N–H and O–H groups in total. The van der Waals surface area contributed by atoms with Crippen LogP contribution in [0.2, 0.25) is 0 Å². The summed E-state index contributed by atoms with van der Waals surface area (Å²) in [6.07, 6.45) is 16.1. The number of allylic oxidation sites excluding steroid dienone is 3. The number of rotatable bonds is 8. The Morgan fingerprint density at radius 3 is 2.50 bits per heavy atom. The van der Waals surface area contributed by atoms with Crippen LogP contribution in [0.5, 0.6) is 0 Å². The minimum Gasteiger partial charge on any atom is -0.0991 e. The van der Waals surface area contributed by atoms with Gasteiger partial charge in [0.25, 0.3) is 0 Å². The summed E-state index contributed by atoms with van der Waals surface area (Å²) < 4.78 is 0. The Morgan fingerprint density at radius 1 is 1.08 bits per heavy atom. The van der Waals surface area contributed by atoms with Crippen LogP contribution in [0.4, 0.5) is 0 Å². The highest BCUT2D eigenvalue weighted by atomic mass is 13.9. The van der Waals surface area contributed by atoms with E-state index in [1.165, 1.54) is 38.5 Å². The lowest BCUT2D eigenvalue weighted by Gasteiger charge is -1.96. The lowest BCUT2D eigenvalue weighted by atomic mass is 10.1. The van der Waals surface area contributed by atoms with Crippen molar-refractivity contribution in [1.82, 2.24) is 0 Å². The van der Waals surface area contributed by atoms with Crippen molar-refractivity contribution in [3.63, 3.8) is 0 Å². The van der Waals surface area contributed by atoms with Crippen LogP contribution in [0.1, 0.15) is 45.4 Å². The normalized spacial score (nSPS) is 10.8. The molecule has 0 heterocycles. The third-order valence-electron chi connectivity index (χ3n) is 1.81. The number of hydrogen-bond acceptors (Lipinski definition) is 0. The topological polar surface area (TPSA) is 0 Å². The minimum atomic E-state index is 1.19. The van der Waals surface area contributed by atoms with Crippen LogP contribution in [0.25, 0.3) is 0 Å². The van der Waals surface area contributed by atoms with Gasteiger partial charge in [0.2, 0.25) is 0 Å². The van der Waals surface area contributed by atoms with Crippen molar-refractivity contribution in [2.75, 3.05) is 0 Å². The Labute approximate surface area is 77.4 Å². The van der Waals surface area contributed by atoms with Gasteiger partial charge in [0.1, 0.15) is 0 Å². The molecule has 0 atom stereocenters. The van der Waals surface area contributed by atoms with Gasteiger partial charge in [-0.25, -0.2) is 0 Å². The van der Waals surface area contributed by atoms with E-state index in [0.717, 1.165) is 0 Å². The third-order valence-corrected chi connectivity index (χ3v) is 1.81. The van der Waals surface area contributed by atoms with Gasteiger partial charge >= 0.3 is 0 Å². The van der Waals surface area contributed by atoms with Crippen molar-refractivity contribution < 1.29 is 0 Å². The molecule has 0 aromatic heterocycles. The molecular weight excluding hydrogens is 144 g/mol. The van der Waals surface area contributed by atoms with Crippen molar-refractivity contribution >= 4 is 0 Å². The van der Waals surface area contributed by atoms with Gasteiger partial charge in [0.15, 0.2) is 0 Å². The average Bonchev–Trinajstić information content (AvgIpc) is 2.10. The second-order valence-corrected chi connectivity index (χ2v) is 3.03. The molecule has 0 unspecified atom stereocenters. The first kappa shape index (κ1) is 11.5. The summed E-state index contributed by atoms with van der Waals surface area (Å²) in [4.78, 5) is 0. The monoisotopic (exact) mass is 165 g/mol. The highest BCUT2D eigenvalue weighted by Gasteiger charge is 1.87. The van der Waals surface area contributed by atoms with E-state index in [9.17, 15) is 0 Å². The highest BCUT2D eigenvalue weighted by molar-refractivity contribution is 4.96. The van der Waals surface area contributed by atoms with Gasteiger partial charge < -0.3 is 0 Å².